The van der Waals surface area contributed by atoms with E-state index in [1.54, 1.807) is 0 Å². The molecule has 2 N–H and O–H groups in total. The van der Waals surface area contributed by atoms with Gasteiger partial charge in [-0.1, -0.05) is 0 Å². The predicted molar refractivity (Wildman–Crippen MR) is 85.6 cm³/mol. The highest BCUT2D eigenvalue weighted by Gasteiger charge is 2.13. The third kappa shape index (κ3) is 16.0. The summed E-state index contributed by atoms with van der Waals surface area (Å²) in [7, 11) is -3.87. The molecule has 0 heterocycles. The van der Waals surface area contributed by atoms with E-state index < -0.39 is 10.4 Å². The molecule has 0 aromatic heterocycles. The standard InChI is InChI=1S/C14H32N2O4S/c1-13(2,3)15-9-7-11-19-21(17,18)20-12-8-10-16-14(4,5)6/h15-16H,7-12H2,1-6H3. The van der Waals surface area contributed by atoms with E-state index in [1.807, 2.05) is 0 Å². The van der Waals surface area contributed by atoms with Gasteiger partial charge in [0.2, 0.25) is 0 Å². The minimum Gasteiger partial charge on any atom is -0.312 e. The molecule has 0 amide bonds. The Kier molecular flexibility index (Phi) is 8.96. The molecular weight excluding hydrogens is 292 g/mol. The second-order valence-electron chi connectivity index (χ2n) is 7.11. The van der Waals surface area contributed by atoms with Crippen molar-refractivity contribution in [2.45, 2.75) is 65.5 Å². The van der Waals surface area contributed by atoms with Crippen LogP contribution in [-0.4, -0.2) is 45.8 Å². The zero-order valence-corrected chi connectivity index (χ0v) is 15.1. The number of hydrogen-bond donors (Lipinski definition) is 2. The molecule has 7 heteroatoms. The normalized spacial score (nSPS) is 13.6. The van der Waals surface area contributed by atoms with E-state index in [1.165, 1.54) is 0 Å². The lowest BCUT2D eigenvalue weighted by molar-refractivity contribution is 0.207. The molecule has 0 saturated carbocycles. The van der Waals surface area contributed by atoms with Gasteiger partial charge < -0.3 is 10.6 Å². The fourth-order valence-corrected chi connectivity index (χ4v) is 2.14. The molecule has 21 heavy (non-hydrogen) atoms. The Bertz CT molecular complexity index is 339. The Balaban J connectivity index is 3.66. The van der Waals surface area contributed by atoms with Crippen molar-refractivity contribution in [3.8, 4) is 0 Å². The molecule has 0 spiro atoms. The molecule has 0 atom stereocenters. The molecular formula is C14H32N2O4S. The van der Waals surface area contributed by atoms with Crippen LogP contribution in [0.5, 0.6) is 0 Å². The van der Waals surface area contributed by atoms with E-state index in [0.717, 1.165) is 0 Å². The number of nitrogens with one attached hydrogen (secondary N) is 2. The van der Waals surface area contributed by atoms with Crippen LogP contribution < -0.4 is 10.6 Å². The third-order valence-corrected chi connectivity index (χ3v) is 3.32. The van der Waals surface area contributed by atoms with Crippen molar-refractivity contribution in [3.05, 3.63) is 0 Å². The molecule has 0 fully saturated rings. The summed E-state index contributed by atoms with van der Waals surface area (Å²) in [4.78, 5) is 0. The predicted octanol–water partition coefficient (Wildman–Crippen LogP) is 1.82. The van der Waals surface area contributed by atoms with Crippen molar-refractivity contribution in [1.29, 1.82) is 0 Å². The molecule has 0 aliphatic heterocycles. The van der Waals surface area contributed by atoms with E-state index in [2.05, 4.69) is 52.2 Å². The molecule has 0 aliphatic carbocycles. The Morgan fingerprint density at radius 3 is 1.38 bits per heavy atom. The first-order chi connectivity index (χ1) is 9.41. The lowest BCUT2D eigenvalue weighted by Gasteiger charge is -2.20. The van der Waals surface area contributed by atoms with E-state index >= 15 is 0 Å². The molecule has 0 aromatic carbocycles. The van der Waals surface area contributed by atoms with Gasteiger partial charge in [0.25, 0.3) is 0 Å². The SMILES string of the molecule is CC(C)(C)NCCCOS(=O)(=O)OCCCNC(C)(C)C. The smallest absolute Gasteiger partial charge is 0.312 e. The van der Waals surface area contributed by atoms with Gasteiger partial charge in [-0.15, -0.1) is 0 Å². The third-order valence-electron chi connectivity index (χ3n) is 2.41. The van der Waals surface area contributed by atoms with Gasteiger partial charge in [0.1, 0.15) is 0 Å². The van der Waals surface area contributed by atoms with Gasteiger partial charge in [-0.25, -0.2) is 8.37 Å². The van der Waals surface area contributed by atoms with Crippen molar-refractivity contribution in [1.82, 2.24) is 10.6 Å². The highest BCUT2D eigenvalue weighted by molar-refractivity contribution is 7.81. The molecule has 6 nitrogen and oxygen atoms in total. The van der Waals surface area contributed by atoms with Crippen molar-refractivity contribution < 1.29 is 16.8 Å². The maximum Gasteiger partial charge on any atom is 0.399 e. The summed E-state index contributed by atoms with van der Waals surface area (Å²) >= 11 is 0. The van der Waals surface area contributed by atoms with Gasteiger partial charge >= 0.3 is 10.4 Å². The second kappa shape index (κ2) is 9.05. The van der Waals surface area contributed by atoms with Crippen molar-refractivity contribution >= 4 is 10.4 Å². The van der Waals surface area contributed by atoms with Gasteiger partial charge in [-0.3, -0.25) is 0 Å². The average molecular weight is 324 g/mol. The molecule has 0 rings (SSSR count). The summed E-state index contributed by atoms with van der Waals surface area (Å²) in [6.45, 7) is 14.0. The first-order valence-electron chi connectivity index (χ1n) is 7.45. The van der Waals surface area contributed by atoms with Crippen LogP contribution in [0.1, 0.15) is 54.4 Å². The minimum atomic E-state index is -3.87. The van der Waals surface area contributed by atoms with Crippen molar-refractivity contribution in [2.24, 2.45) is 0 Å². The van der Waals surface area contributed by atoms with Gasteiger partial charge in [-0.05, 0) is 67.5 Å². The summed E-state index contributed by atoms with van der Waals surface area (Å²) in [5.41, 5.74) is 0.0465. The molecule has 0 aromatic rings. The fraction of sp³-hybridized carbons (Fsp3) is 1.00. The summed E-state index contributed by atoms with van der Waals surface area (Å²) in [5.74, 6) is 0. The number of rotatable bonds is 10. The van der Waals surface area contributed by atoms with Crippen LogP contribution in [0.3, 0.4) is 0 Å². The van der Waals surface area contributed by atoms with Crippen molar-refractivity contribution in [2.75, 3.05) is 26.3 Å². The van der Waals surface area contributed by atoms with Crippen molar-refractivity contribution in [3.63, 3.8) is 0 Å². The van der Waals surface area contributed by atoms with Crippen LogP contribution in [0.15, 0.2) is 0 Å². The monoisotopic (exact) mass is 324 g/mol. The Morgan fingerprint density at radius 2 is 1.10 bits per heavy atom. The zero-order valence-electron chi connectivity index (χ0n) is 14.3. The zero-order chi connectivity index (χ0) is 16.6. The highest BCUT2D eigenvalue weighted by Crippen LogP contribution is 2.02. The summed E-state index contributed by atoms with van der Waals surface area (Å²) in [6, 6.07) is 0. The number of hydrogen-bond acceptors (Lipinski definition) is 6. The molecule has 0 aliphatic rings. The first-order valence-corrected chi connectivity index (χ1v) is 8.78. The molecule has 0 unspecified atom stereocenters. The Labute approximate surface area is 130 Å². The van der Waals surface area contributed by atoms with Crippen LogP contribution in [0.2, 0.25) is 0 Å². The van der Waals surface area contributed by atoms with Gasteiger partial charge in [-0.2, -0.15) is 8.42 Å². The molecule has 0 radical (unpaired) electrons. The highest BCUT2D eigenvalue weighted by atomic mass is 32.3. The Morgan fingerprint density at radius 1 is 0.762 bits per heavy atom. The lowest BCUT2D eigenvalue weighted by atomic mass is 10.1. The maximum absolute atomic E-state index is 11.5. The fourth-order valence-electron chi connectivity index (χ4n) is 1.43. The van der Waals surface area contributed by atoms with Crippen LogP contribution in [0.4, 0.5) is 0 Å². The average Bonchev–Trinajstić information content (AvgIpc) is 2.24. The van der Waals surface area contributed by atoms with Gasteiger partial charge in [0.05, 0.1) is 13.2 Å². The minimum absolute atomic E-state index is 0.0232. The van der Waals surface area contributed by atoms with Crippen LogP contribution in [0.25, 0.3) is 0 Å². The maximum atomic E-state index is 11.5. The van der Waals surface area contributed by atoms with Crippen LogP contribution in [-0.2, 0) is 18.8 Å². The van der Waals surface area contributed by atoms with E-state index in [4.69, 9.17) is 8.37 Å². The van der Waals surface area contributed by atoms with E-state index in [9.17, 15) is 8.42 Å². The quantitative estimate of drug-likeness (QED) is 0.597. The summed E-state index contributed by atoms with van der Waals surface area (Å²) in [6.07, 6.45) is 1.23. The summed E-state index contributed by atoms with van der Waals surface area (Å²) in [5, 5.41) is 6.52. The topological polar surface area (TPSA) is 76.7 Å². The largest absolute Gasteiger partial charge is 0.399 e. The first kappa shape index (κ1) is 20.8. The molecule has 128 valence electrons. The van der Waals surface area contributed by atoms with E-state index in [-0.39, 0.29) is 24.3 Å². The van der Waals surface area contributed by atoms with Crippen LogP contribution >= 0.6 is 0 Å². The van der Waals surface area contributed by atoms with Crippen LogP contribution in [0, 0.1) is 0 Å². The molecule has 0 saturated heterocycles. The molecule has 0 bridgehead atoms. The lowest BCUT2D eigenvalue weighted by Crippen LogP contribution is -2.37. The Hall–Kier alpha value is -0.210. The second-order valence-corrected chi connectivity index (χ2v) is 8.40. The van der Waals surface area contributed by atoms with Gasteiger partial charge in [0, 0.05) is 11.1 Å². The van der Waals surface area contributed by atoms with E-state index in [0.29, 0.717) is 25.9 Å². The van der Waals surface area contributed by atoms with Gasteiger partial charge in [0.15, 0.2) is 0 Å². The summed E-state index contributed by atoms with van der Waals surface area (Å²) < 4.78 is 32.5.